The first-order valence-corrected chi connectivity index (χ1v) is 10.4. The Hall–Kier alpha value is -3.36. The van der Waals surface area contributed by atoms with E-state index in [4.69, 9.17) is 20.8 Å². The van der Waals surface area contributed by atoms with Gasteiger partial charge >= 0.3 is 6.18 Å². The monoisotopic (exact) mass is 472 g/mol. The summed E-state index contributed by atoms with van der Waals surface area (Å²) in [4.78, 5) is 19.2. The predicted molar refractivity (Wildman–Crippen MR) is 117 cm³/mol. The topological polar surface area (TPSA) is 55.6 Å². The summed E-state index contributed by atoms with van der Waals surface area (Å²) in [5.41, 5.74) is -0.0400. The van der Waals surface area contributed by atoms with Crippen molar-refractivity contribution in [2.75, 3.05) is 6.73 Å². The molecule has 0 saturated heterocycles. The molecule has 0 amide bonds. The third-order valence-corrected chi connectivity index (χ3v) is 5.68. The van der Waals surface area contributed by atoms with E-state index in [2.05, 4.69) is 4.98 Å². The lowest BCUT2D eigenvalue weighted by atomic mass is 10.00. The predicted octanol–water partition coefficient (Wildman–Crippen LogP) is 5.88. The Morgan fingerprint density at radius 1 is 1.09 bits per heavy atom. The van der Waals surface area contributed by atoms with Gasteiger partial charge < -0.3 is 9.15 Å². The number of fused-ring (bicyclic) bond motifs is 3. The Labute approximate surface area is 191 Å². The molecule has 0 N–H and O–H groups in total. The lowest BCUT2D eigenvalue weighted by Gasteiger charge is -2.29. The standard InChI is InChI=1S/C24H16ClF3N2O3/c25-16-5-3-15(4-6-16)20-21(31)17-7-8-19-18(22(17)33-23(20)24(26,27)28)12-30(13-32-19)11-14-2-1-9-29-10-14/h1-10H,11-13H2. The van der Waals surface area contributed by atoms with Crippen molar-refractivity contribution < 1.29 is 22.3 Å². The average molecular weight is 473 g/mol. The second-order valence-corrected chi connectivity index (χ2v) is 8.12. The summed E-state index contributed by atoms with van der Waals surface area (Å²) in [7, 11) is 0. The third-order valence-electron chi connectivity index (χ3n) is 5.42. The van der Waals surface area contributed by atoms with E-state index >= 15 is 0 Å². The molecule has 0 spiro atoms. The molecule has 3 heterocycles. The van der Waals surface area contributed by atoms with Crippen LogP contribution in [-0.4, -0.2) is 16.6 Å². The quantitative estimate of drug-likeness (QED) is 0.373. The molecule has 0 saturated carbocycles. The fourth-order valence-electron chi connectivity index (χ4n) is 3.94. The van der Waals surface area contributed by atoms with Crippen LogP contribution in [0.25, 0.3) is 22.1 Å². The van der Waals surface area contributed by atoms with E-state index in [1.54, 1.807) is 24.5 Å². The maximum absolute atomic E-state index is 14.0. The van der Waals surface area contributed by atoms with Crippen molar-refractivity contribution in [2.45, 2.75) is 19.3 Å². The Bertz CT molecular complexity index is 1390. The largest absolute Gasteiger partial charge is 0.478 e. The van der Waals surface area contributed by atoms with Crippen LogP contribution in [0.3, 0.4) is 0 Å². The molecule has 1 aliphatic heterocycles. The van der Waals surface area contributed by atoms with E-state index < -0.39 is 22.9 Å². The van der Waals surface area contributed by atoms with Gasteiger partial charge in [-0.1, -0.05) is 29.8 Å². The number of ether oxygens (including phenoxy) is 1. The zero-order valence-electron chi connectivity index (χ0n) is 17.0. The first-order chi connectivity index (χ1) is 15.8. The van der Waals surface area contributed by atoms with Crippen LogP contribution in [0.4, 0.5) is 13.2 Å². The summed E-state index contributed by atoms with van der Waals surface area (Å²) in [6.45, 7) is 0.970. The van der Waals surface area contributed by atoms with Gasteiger partial charge in [0.15, 0.2) is 0 Å². The van der Waals surface area contributed by atoms with E-state index in [0.29, 0.717) is 22.9 Å². The molecule has 0 unspecified atom stereocenters. The van der Waals surface area contributed by atoms with Crippen molar-refractivity contribution in [1.82, 2.24) is 9.88 Å². The van der Waals surface area contributed by atoms with Crippen molar-refractivity contribution in [3.05, 3.63) is 93.1 Å². The van der Waals surface area contributed by atoms with Gasteiger partial charge in [0, 0.05) is 30.5 Å². The molecule has 0 fully saturated rings. The summed E-state index contributed by atoms with van der Waals surface area (Å²) in [6.07, 6.45) is -1.51. The number of halogens is 4. The second kappa shape index (κ2) is 8.20. The highest BCUT2D eigenvalue weighted by Gasteiger charge is 2.40. The fourth-order valence-corrected chi connectivity index (χ4v) is 4.07. The molecule has 0 aliphatic carbocycles. The average Bonchev–Trinajstić information content (AvgIpc) is 2.79. The van der Waals surface area contributed by atoms with Gasteiger partial charge in [0.1, 0.15) is 18.1 Å². The van der Waals surface area contributed by atoms with Gasteiger partial charge in [0.05, 0.1) is 16.5 Å². The van der Waals surface area contributed by atoms with Gasteiger partial charge in [-0.15, -0.1) is 0 Å². The molecule has 2 aromatic carbocycles. The minimum atomic E-state index is -4.88. The summed E-state index contributed by atoms with van der Waals surface area (Å²) in [6, 6.07) is 12.3. The van der Waals surface area contributed by atoms with E-state index in [9.17, 15) is 18.0 Å². The number of alkyl halides is 3. The molecular weight excluding hydrogens is 457 g/mol. The fraction of sp³-hybridized carbons (Fsp3) is 0.167. The molecule has 168 valence electrons. The van der Waals surface area contributed by atoms with Crippen LogP contribution in [0.5, 0.6) is 5.75 Å². The smallest absolute Gasteiger partial charge is 0.450 e. The Morgan fingerprint density at radius 3 is 2.58 bits per heavy atom. The summed E-state index contributed by atoms with van der Waals surface area (Å²) < 4.78 is 53.2. The van der Waals surface area contributed by atoms with Crippen LogP contribution >= 0.6 is 11.6 Å². The van der Waals surface area contributed by atoms with Gasteiger partial charge in [-0.2, -0.15) is 13.2 Å². The van der Waals surface area contributed by atoms with Gasteiger partial charge in [0.2, 0.25) is 11.2 Å². The van der Waals surface area contributed by atoms with E-state index in [1.165, 1.54) is 30.3 Å². The molecule has 0 atom stereocenters. The molecule has 2 aromatic heterocycles. The van der Waals surface area contributed by atoms with E-state index in [0.717, 1.165) is 5.56 Å². The normalized spacial score (nSPS) is 14.2. The number of hydrogen-bond donors (Lipinski definition) is 0. The van der Waals surface area contributed by atoms with Crippen molar-refractivity contribution in [1.29, 1.82) is 0 Å². The first kappa shape index (κ1) is 21.5. The number of pyridine rings is 1. The lowest BCUT2D eigenvalue weighted by molar-refractivity contribution is -0.152. The zero-order valence-corrected chi connectivity index (χ0v) is 17.8. The summed E-state index contributed by atoms with van der Waals surface area (Å²) in [5, 5.41) is 0.399. The number of hydrogen-bond acceptors (Lipinski definition) is 5. The minimum absolute atomic E-state index is 0.0542. The zero-order chi connectivity index (χ0) is 23.2. The molecular formula is C24H16ClF3N2O3. The Balaban J connectivity index is 1.66. The van der Waals surface area contributed by atoms with Gasteiger partial charge in [-0.3, -0.25) is 14.7 Å². The molecule has 9 heteroatoms. The SMILES string of the molecule is O=c1c(-c2ccc(Cl)cc2)c(C(F)(F)F)oc2c3c(ccc12)OCN(Cc1cccnc1)C3. The number of rotatable bonds is 3. The lowest BCUT2D eigenvalue weighted by Crippen LogP contribution is -2.32. The number of benzene rings is 2. The van der Waals surface area contributed by atoms with Gasteiger partial charge in [-0.25, -0.2) is 0 Å². The molecule has 5 nitrogen and oxygen atoms in total. The van der Waals surface area contributed by atoms with E-state index in [1.807, 2.05) is 11.0 Å². The van der Waals surface area contributed by atoms with Crippen molar-refractivity contribution in [2.24, 2.45) is 0 Å². The highest BCUT2D eigenvalue weighted by molar-refractivity contribution is 6.30. The van der Waals surface area contributed by atoms with Crippen molar-refractivity contribution in [3.8, 4) is 16.9 Å². The summed E-state index contributed by atoms with van der Waals surface area (Å²) in [5.74, 6) is -0.958. The molecule has 0 radical (unpaired) electrons. The molecule has 4 aromatic rings. The van der Waals surface area contributed by atoms with Crippen LogP contribution in [0, 0.1) is 0 Å². The maximum atomic E-state index is 14.0. The van der Waals surface area contributed by atoms with E-state index in [-0.39, 0.29) is 29.8 Å². The maximum Gasteiger partial charge on any atom is 0.450 e. The second-order valence-electron chi connectivity index (χ2n) is 7.68. The highest BCUT2D eigenvalue weighted by atomic mass is 35.5. The van der Waals surface area contributed by atoms with Crippen LogP contribution in [0.2, 0.25) is 5.02 Å². The van der Waals surface area contributed by atoms with Crippen molar-refractivity contribution in [3.63, 3.8) is 0 Å². The van der Waals surface area contributed by atoms with Crippen LogP contribution in [0.1, 0.15) is 16.9 Å². The third kappa shape index (κ3) is 4.07. The van der Waals surface area contributed by atoms with Crippen LogP contribution in [-0.2, 0) is 19.3 Å². The summed E-state index contributed by atoms with van der Waals surface area (Å²) >= 11 is 5.87. The van der Waals surface area contributed by atoms with Crippen molar-refractivity contribution >= 4 is 22.6 Å². The number of aromatic nitrogens is 1. The van der Waals surface area contributed by atoms with Crippen LogP contribution in [0.15, 0.2) is 70.1 Å². The molecule has 33 heavy (non-hydrogen) atoms. The molecule has 0 bridgehead atoms. The first-order valence-electron chi connectivity index (χ1n) is 10.0. The van der Waals surface area contributed by atoms with Crippen LogP contribution < -0.4 is 10.2 Å². The van der Waals surface area contributed by atoms with Gasteiger partial charge in [-0.05, 0) is 41.5 Å². The minimum Gasteiger partial charge on any atom is -0.478 e. The molecule has 5 rings (SSSR count). The highest BCUT2D eigenvalue weighted by Crippen LogP contribution is 2.40. The van der Waals surface area contributed by atoms with Gasteiger partial charge in [0.25, 0.3) is 0 Å². The Kier molecular flexibility index (Phi) is 5.34. The Morgan fingerprint density at radius 2 is 1.88 bits per heavy atom. The molecule has 1 aliphatic rings. The number of nitrogens with zero attached hydrogens (tertiary/aromatic N) is 2.